The Labute approximate surface area is 121 Å². The molecule has 0 aliphatic heterocycles. The average molecular weight is 276 g/mol. The third-order valence-electron chi connectivity index (χ3n) is 3.09. The highest BCUT2D eigenvalue weighted by molar-refractivity contribution is 5.80. The first-order chi connectivity index (χ1) is 9.24. The fourth-order valence-electron chi connectivity index (χ4n) is 1.95. The minimum atomic E-state index is -0.941. The quantitative estimate of drug-likeness (QED) is 0.828. The van der Waals surface area contributed by atoms with Crippen LogP contribution in [0.3, 0.4) is 0 Å². The maximum Gasteiger partial charge on any atom is 0.328 e. The van der Waals surface area contributed by atoms with Crippen LogP contribution in [0.4, 0.5) is 0 Å². The lowest BCUT2D eigenvalue weighted by Gasteiger charge is -2.23. The molecule has 1 rings (SSSR count). The Hall–Kier alpha value is -1.77. The second-order valence-corrected chi connectivity index (χ2v) is 6.05. The van der Waals surface area contributed by atoms with E-state index in [1.807, 2.05) is 6.07 Å². The van der Waals surface area contributed by atoms with Gasteiger partial charge >= 0.3 is 5.97 Å². The van der Waals surface area contributed by atoms with Crippen molar-refractivity contribution in [3.63, 3.8) is 0 Å². The summed E-state index contributed by atoms with van der Waals surface area (Å²) in [6.07, 6.45) is 2.17. The Kier molecular flexibility index (Phi) is 5.37. The van der Waals surface area contributed by atoms with E-state index in [1.54, 1.807) is 6.92 Å². The molecular formula is C17H24O3. The van der Waals surface area contributed by atoms with Crippen LogP contribution in [0.1, 0.15) is 45.7 Å². The van der Waals surface area contributed by atoms with Gasteiger partial charge in [-0.25, -0.2) is 4.79 Å². The van der Waals surface area contributed by atoms with Crippen molar-refractivity contribution < 1.29 is 14.6 Å². The summed E-state index contributed by atoms with van der Waals surface area (Å²) in [4.78, 5) is 10.6. The molecule has 0 aromatic heterocycles. The van der Waals surface area contributed by atoms with Gasteiger partial charge < -0.3 is 9.84 Å². The number of carbonyl (C=O) groups is 1. The van der Waals surface area contributed by atoms with E-state index in [-0.39, 0.29) is 5.41 Å². The van der Waals surface area contributed by atoms with Crippen molar-refractivity contribution in [2.45, 2.75) is 46.5 Å². The number of aliphatic carboxylic acids is 1. The van der Waals surface area contributed by atoms with Gasteiger partial charge in [0.05, 0.1) is 0 Å². The van der Waals surface area contributed by atoms with Crippen molar-refractivity contribution in [3.05, 3.63) is 41.0 Å². The minimum Gasteiger partial charge on any atom is -0.489 e. The van der Waals surface area contributed by atoms with Crippen molar-refractivity contribution in [1.82, 2.24) is 0 Å². The lowest BCUT2D eigenvalue weighted by Crippen LogP contribution is -2.14. The molecule has 0 amide bonds. The Morgan fingerprint density at radius 1 is 1.35 bits per heavy atom. The molecule has 0 spiro atoms. The van der Waals surface area contributed by atoms with E-state index in [4.69, 9.17) is 9.84 Å². The third kappa shape index (κ3) is 4.72. The first kappa shape index (κ1) is 16.3. The van der Waals surface area contributed by atoms with Crippen LogP contribution in [0.25, 0.3) is 0 Å². The summed E-state index contributed by atoms with van der Waals surface area (Å²) >= 11 is 0. The molecular weight excluding hydrogens is 252 g/mol. The summed E-state index contributed by atoms with van der Waals surface area (Å²) < 4.78 is 5.79. The van der Waals surface area contributed by atoms with Crippen LogP contribution in [-0.2, 0) is 16.6 Å². The molecule has 0 aliphatic carbocycles. The van der Waals surface area contributed by atoms with Crippen LogP contribution >= 0.6 is 0 Å². The number of aryl methyl sites for hydroxylation is 1. The number of rotatable bonds is 5. The van der Waals surface area contributed by atoms with Crippen molar-refractivity contribution in [2.24, 2.45) is 0 Å². The van der Waals surface area contributed by atoms with E-state index < -0.39 is 5.97 Å². The summed E-state index contributed by atoms with van der Waals surface area (Å²) in [5.41, 5.74) is 3.11. The molecule has 0 bridgehead atoms. The molecule has 0 saturated heterocycles. The zero-order valence-corrected chi connectivity index (χ0v) is 13.0. The summed E-state index contributed by atoms with van der Waals surface area (Å²) in [5.74, 6) is -0.115. The zero-order valence-electron chi connectivity index (χ0n) is 13.0. The Bertz CT molecular complexity index is 507. The maximum absolute atomic E-state index is 10.6. The molecule has 110 valence electrons. The highest BCUT2D eigenvalue weighted by atomic mass is 16.5. The van der Waals surface area contributed by atoms with Crippen LogP contribution in [-0.4, -0.2) is 17.7 Å². The largest absolute Gasteiger partial charge is 0.489 e. The van der Waals surface area contributed by atoms with E-state index in [0.29, 0.717) is 12.2 Å². The molecule has 0 aliphatic rings. The molecule has 0 atom stereocenters. The smallest absolute Gasteiger partial charge is 0.328 e. The lowest BCUT2D eigenvalue weighted by molar-refractivity contribution is -0.131. The van der Waals surface area contributed by atoms with Crippen LogP contribution in [0, 0.1) is 0 Å². The van der Waals surface area contributed by atoms with Gasteiger partial charge in [-0.15, -0.1) is 0 Å². The van der Waals surface area contributed by atoms with E-state index in [2.05, 4.69) is 39.8 Å². The standard InChI is InChI=1S/C17H24O3/c1-6-13-7-8-15(14(10-13)17(3,4)5)20-11-12(2)9-16(18)19/h7-10H,6,11H2,1-5H3,(H,18,19). The van der Waals surface area contributed by atoms with Crippen LogP contribution in [0.2, 0.25) is 0 Å². The van der Waals surface area contributed by atoms with Gasteiger partial charge in [0, 0.05) is 6.08 Å². The molecule has 0 unspecified atom stereocenters. The number of hydrogen-bond donors (Lipinski definition) is 1. The van der Waals surface area contributed by atoms with Crippen LogP contribution in [0.5, 0.6) is 5.75 Å². The van der Waals surface area contributed by atoms with Gasteiger partial charge in [0.2, 0.25) is 0 Å². The normalized spacial score (nSPS) is 12.3. The fraction of sp³-hybridized carbons (Fsp3) is 0.471. The van der Waals surface area contributed by atoms with Crippen molar-refractivity contribution >= 4 is 5.97 Å². The summed E-state index contributed by atoms with van der Waals surface area (Å²) in [6.45, 7) is 10.6. The minimum absolute atomic E-state index is 0.00900. The van der Waals surface area contributed by atoms with E-state index in [0.717, 1.165) is 17.7 Å². The van der Waals surface area contributed by atoms with E-state index in [1.165, 1.54) is 11.6 Å². The third-order valence-corrected chi connectivity index (χ3v) is 3.09. The van der Waals surface area contributed by atoms with Gasteiger partial charge in [0.25, 0.3) is 0 Å². The molecule has 3 nitrogen and oxygen atoms in total. The SMILES string of the molecule is CCc1ccc(OCC(C)=CC(=O)O)c(C(C)(C)C)c1. The first-order valence-corrected chi connectivity index (χ1v) is 6.90. The van der Waals surface area contributed by atoms with E-state index >= 15 is 0 Å². The molecule has 1 N–H and O–H groups in total. The van der Waals surface area contributed by atoms with E-state index in [9.17, 15) is 4.79 Å². The predicted molar refractivity (Wildman–Crippen MR) is 81.4 cm³/mol. The Balaban J connectivity index is 2.98. The van der Waals surface area contributed by atoms with Gasteiger partial charge in [-0.2, -0.15) is 0 Å². The van der Waals surface area contributed by atoms with Crippen molar-refractivity contribution in [3.8, 4) is 5.75 Å². The monoisotopic (exact) mass is 276 g/mol. The number of benzene rings is 1. The molecule has 20 heavy (non-hydrogen) atoms. The number of carboxylic acids is 1. The molecule has 3 heteroatoms. The van der Waals surface area contributed by atoms with Crippen LogP contribution in [0.15, 0.2) is 29.8 Å². The highest BCUT2D eigenvalue weighted by Gasteiger charge is 2.19. The summed E-state index contributed by atoms with van der Waals surface area (Å²) in [7, 11) is 0. The summed E-state index contributed by atoms with van der Waals surface area (Å²) in [6, 6.07) is 6.21. The second-order valence-electron chi connectivity index (χ2n) is 6.05. The average Bonchev–Trinajstić information content (AvgIpc) is 2.34. The molecule has 0 fully saturated rings. The molecule has 0 saturated carbocycles. The van der Waals surface area contributed by atoms with Crippen LogP contribution < -0.4 is 4.74 Å². The molecule has 1 aromatic carbocycles. The van der Waals surface area contributed by atoms with Gasteiger partial charge in [-0.3, -0.25) is 0 Å². The van der Waals surface area contributed by atoms with Gasteiger partial charge in [0.1, 0.15) is 12.4 Å². The number of carboxylic acid groups (broad SMARTS) is 1. The Morgan fingerprint density at radius 2 is 2.00 bits per heavy atom. The van der Waals surface area contributed by atoms with Gasteiger partial charge in [0.15, 0.2) is 0 Å². The number of hydrogen-bond acceptors (Lipinski definition) is 2. The lowest BCUT2D eigenvalue weighted by atomic mass is 9.85. The Morgan fingerprint density at radius 3 is 2.50 bits per heavy atom. The maximum atomic E-state index is 10.6. The van der Waals surface area contributed by atoms with Gasteiger partial charge in [-0.1, -0.05) is 39.8 Å². The topological polar surface area (TPSA) is 46.5 Å². The second kappa shape index (κ2) is 6.60. The molecule has 0 heterocycles. The zero-order chi connectivity index (χ0) is 15.3. The molecule has 1 aromatic rings. The number of ether oxygens (including phenoxy) is 1. The first-order valence-electron chi connectivity index (χ1n) is 6.90. The highest BCUT2D eigenvalue weighted by Crippen LogP contribution is 2.32. The predicted octanol–water partition coefficient (Wildman–Crippen LogP) is 3.96. The fourth-order valence-corrected chi connectivity index (χ4v) is 1.95. The molecule has 0 radical (unpaired) electrons. The van der Waals surface area contributed by atoms with Crippen molar-refractivity contribution in [2.75, 3.05) is 6.61 Å². The summed E-state index contributed by atoms with van der Waals surface area (Å²) in [5, 5.41) is 8.70. The van der Waals surface area contributed by atoms with Gasteiger partial charge in [-0.05, 0) is 41.5 Å². The van der Waals surface area contributed by atoms with Crippen molar-refractivity contribution in [1.29, 1.82) is 0 Å².